The van der Waals surface area contributed by atoms with Crippen molar-refractivity contribution in [3.63, 3.8) is 0 Å². The van der Waals surface area contributed by atoms with E-state index in [9.17, 15) is 9.59 Å². The Morgan fingerprint density at radius 3 is 2.50 bits per heavy atom. The lowest BCUT2D eigenvalue weighted by molar-refractivity contribution is 0.102. The number of rotatable bonds is 4. The third-order valence-electron chi connectivity index (χ3n) is 5.49. The minimum absolute atomic E-state index is 0.0709. The summed E-state index contributed by atoms with van der Waals surface area (Å²) in [4.78, 5) is 26.1. The fourth-order valence-corrected chi connectivity index (χ4v) is 5.49. The van der Waals surface area contributed by atoms with Crippen molar-refractivity contribution in [1.82, 2.24) is 4.57 Å². The maximum Gasteiger partial charge on any atom is 0.258 e. The predicted octanol–water partition coefficient (Wildman–Crippen LogP) is 5.41. The molecule has 1 aliphatic carbocycles. The molecular formula is C23H24N2O2S. The van der Waals surface area contributed by atoms with Crippen LogP contribution in [0.1, 0.15) is 60.9 Å². The van der Waals surface area contributed by atoms with Gasteiger partial charge in [-0.1, -0.05) is 17.7 Å². The van der Waals surface area contributed by atoms with Crippen LogP contribution in [-0.4, -0.2) is 16.8 Å². The summed E-state index contributed by atoms with van der Waals surface area (Å²) in [7, 11) is 0. The van der Waals surface area contributed by atoms with E-state index >= 15 is 0 Å². The van der Waals surface area contributed by atoms with Crippen molar-refractivity contribution in [2.24, 2.45) is 0 Å². The van der Waals surface area contributed by atoms with Crippen LogP contribution >= 0.6 is 11.3 Å². The number of aldehydes is 1. The fourth-order valence-electron chi connectivity index (χ4n) is 3.99. The number of aromatic nitrogens is 1. The molecule has 5 heteroatoms. The third-order valence-corrected chi connectivity index (χ3v) is 6.77. The molecule has 0 fully saturated rings. The molecule has 1 amide bonds. The number of nitrogens with zero attached hydrogens (tertiary/aromatic N) is 1. The normalized spacial score (nSPS) is 13.2. The third kappa shape index (κ3) is 3.20. The molecule has 3 aromatic rings. The Kier molecular flexibility index (Phi) is 4.94. The molecule has 0 aliphatic heterocycles. The van der Waals surface area contributed by atoms with Gasteiger partial charge in [0.15, 0.2) is 6.29 Å². The summed E-state index contributed by atoms with van der Waals surface area (Å²) in [6.45, 7) is 5.96. The second kappa shape index (κ2) is 7.40. The van der Waals surface area contributed by atoms with E-state index in [2.05, 4.69) is 9.88 Å². The number of benzene rings is 1. The molecule has 4 nitrogen and oxygen atoms in total. The number of carbonyl (C=O) groups is 2. The van der Waals surface area contributed by atoms with Crippen LogP contribution in [0.4, 0.5) is 5.69 Å². The van der Waals surface area contributed by atoms with Gasteiger partial charge in [-0.3, -0.25) is 9.59 Å². The monoisotopic (exact) mass is 392 g/mol. The summed E-state index contributed by atoms with van der Waals surface area (Å²) >= 11 is 1.69. The molecule has 0 atom stereocenters. The molecule has 0 radical (unpaired) electrons. The van der Waals surface area contributed by atoms with E-state index in [4.69, 9.17) is 0 Å². The zero-order chi connectivity index (χ0) is 19.8. The minimum atomic E-state index is -0.0709. The molecule has 4 rings (SSSR count). The highest BCUT2D eigenvalue weighted by Crippen LogP contribution is 2.39. The van der Waals surface area contributed by atoms with Crippen LogP contribution in [0.25, 0.3) is 5.00 Å². The number of hydrogen-bond acceptors (Lipinski definition) is 3. The number of hydrogen-bond donors (Lipinski definition) is 1. The van der Waals surface area contributed by atoms with Gasteiger partial charge in [0.1, 0.15) is 5.00 Å². The molecule has 0 saturated carbocycles. The molecule has 144 valence electrons. The van der Waals surface area contributed by atoms with Crippen LogP contribution in [0.3, 0.4) is 0 Å². The van der Waals surface area contributed by atoms with Gasteiger partial charge in [0.05, 0.1) is 5.56 Å². The van der Waals surface area contributed by atoms with Crippen molar-refractivity contribution in [2.75, 3.05) is 5.32 Å². The van der Waals surface area contributed by atoms with E-state index < -0.39 is 0 Å². The molecular weight excluding hydrogens is 368 g/mol. The van der Waals surface area contributed by atoms with E-state index in [1.165, 1.54) is 10.4 Å². The lowest BCUT2D eigenvalue weighted by Crippen LogP contribution is -2.17. The van der Waals surface area contributed by atoms with Crippen molar-refractivity contribution in [3.8, 4) is 5.00 Å². The molecule has 2 heterocycles. The van der Waals surface area contributed by atoms with E-state index in [1.807, 2.05) is 51.1 Å². The summed E-state index contributed by atoms with van der Waals surface area (Å²) in [5.74, 6) is -0.0709. The Morgan fingerprint density at radius 1 is 1.11 bits per heavy atom. The Bertz CT molecular complexity index is 1060. The van der Waals surface area contributed by atoms with Gasteiger partial charge in [0.25, 0.3) is 5.91 Å². The highest BCUT2D eigenvalue weighted by molar-refractivity contribution is 7.15. The number of carbonyl (C=O) groups excluding carboxylic acids is 2. The summed E-state index contributed by atoms with van der Waals surface area (Å²) in [6, 6.07) is 9.75. The van der Waals surface area contributed by atoms with Crippen LogP contribution in [0, 0.1) is 20.8 Å². The average molecular weight is 393 g/mol. The zero-order valence-electron chi connectivity index (χ0n) is 16.5. The van der Waals surface area contributed by atoms with Gasteiger partial charge in [-0.05, 0) is 70.2 Å². The lowest BCUT2D eigenvalue weighted by Gasteiger charge is -2.14. The highest BCUT2D eigenvalue weighted by atomic mass is 32.1. The van der Waals surface area contributed by atoms with Crippen LogP contribution in [-0.2, 0) is 12.8 Å². The van der Waals surface area contributed by atoms with E-state index in [-0.39, 0.29) is 5.91 Å². The van der Waals surface area contributed by atoms with Gasteiger partial charge in [-0.2, -0.15) is 0 Å². The molecule has 28 heavy (non-hydrogen) atoms. The van der Waals surface area contributed by atoms with Crippen molar-refractivity contribution in [3.05, 3.63) is 68.9 Å². The molecule has 2 aromatic heterocycles. The molecule has 1 aliphatic rings. The Hall–Kier alpha value is -2.66. The van der Waals surface area contributed by atoms with Crippen LogP contribution in [0.5, 0.6) is 0 Å². The van der Waals surface area contributed by atoms with Crippen molar-refractivity contribution in [2.45, 2.75) is 46.5 Å². The van der Waals surface area contributed by atoms with Crippen molar-refractivity contribution in [1.29, 1.82) is 0 Å². The second-order valence-corrected chi connectivity index (χ2v) is 8.57. The first-order chi connectivity index (χ1) is 13.5. The Morgan fingerprint density at radius 2 is 1.82 bits per heavy atom. The standard InChI is InChI=1S/C23H24N2O2S/c1-14-8-10-18(11-9-14)24-22(27)21-19-6-4-5-7-20(19)28-23(21)25-15(2)12-17(13-26)16(25)3/h8-13H,4-7H2,1-3H3,(H,24,27). The molecule has 1 aromatic carbocycles. The number of fused-ring (bicyclic) bond motifs is 1. The molecule has 1 N–H and O–H groups in total. The first-order valence-corrected chi connectivity index (χ1v) is 10.5. The number of thiophene rings is 1. The molecule has 0 saturated heterocycles. The maximum atomic E-state index is 13.3. The maximum absolute atomic E-state index is 13.3. The SMILES string of the molecule is Cc1ccc(NC(=O)c2c(-n3c(C)cc(C=O)c3C)sc3c2CCCC3)cc1. The second-order valence-electron chi connectivity index (χ2n) is 7.49. The lowest BCUT2D eigenvalue weighted by atomic mass is 9.95. The fraction of sp³-hybridized carbons (Fsp3) is 0.304. The topological polar surface area (TPSA) is 51.1 Å². The highest BCUT2D eigenvalue weighted by Gasteiger charge is 2.28. The number of nitrogens with one attached hydrogen (secondary N) is 1. The summed E-state index contributed by atoms with van der Waals surface area (Å²) in [5, 5.41) is 4.01. The smallest absolute Gasteiger partial charge is 0.258 e. The number of aryl methyl sites for hydroxylation is 3. The predicted molar refractivity (Wildman–Crippen MR) is 114 cm³/mol. The van der Waals surface area contributed by atoms with Crippen molar-refractivity contribution >= 4 is 29.2 Å². The van der Waals surface area contributed by atoms with Crippen LogP contribution in [0.2, 0.25) is 0 Å². The number of amides is 1. The van der Waals surface area contributed by atoms with E-state index in [1.54, 1.807) is 11.3 Å². The summed E-state index contributed by atoms with van der Waals surface area (Å²) in [5.41, 5.74) is 6.43. The first kappa shape index (κ1) is 18.7. The van der Waals surface area contributed by atoms with Gasteiger partial charge in [-0.25, -0.2) is 0 Å². The van der Waals surface area contributed by atoms with E-state index in [0.29, 0.717) is 5.56 Å². The molecule has 0 spiro atoms. The first-order valence-electron chi connectivity index (χ1n) is 9.66. The van der Waals surface area contributed by atoms with Crippen molar-refractivity contribution < 1.29 is 9.59 Å². The Balaban J connectivity index is 1.83. The average Bonchev–Trinajstić information content (AvgIpc) is 3.19. The van der Waals surface area contributed by atoms with Gasteiger partial charge < -0.3 is 9.88 Å². The Labute approximate surface area is 169 Å². The quantitative estimate of drug-likeness (QED) is 0.604. The van der Waals surface area contributed by atoms with E-state index in [0.717, 1.165) is 65.2 Å². The summed E-state index contributed by atoms with van der Waals surface area (Å²) < 4.78 is 2.07. The number of anilines is 1. The van der Waals surface area contributed by atoms with Gasteiger partial charge in [0, 0.05) is 27.5 Å². The zero-order valence-corrected chi connectivity index (χ0v) is 17.3. The molecule has 0 bridgehead atoms. The van der Waals surface area contributed by atoms with Gasteiger partial charge in [0.2, 0.25) is 0 Å². The van der Waals surface area contributed by atoms with Crippen LogP contribution in [0.15, 0.2) is 30.3 Å². The van der Waals surface area contributed by atoms with Gasteiger partial charge >= 0.3 is 0 Å². The largest absolute Gasteiger partial charge is 0.322 e. The summed E-state index contributed by atoms with van der Waals surface area (Å²) in [6.07, 6.45) is 5.11. The molecule has 0 unspecified atom stereocenters. The van der Waals surface area contributed by atoms with Gasteiger partial charge in [-0.15, -0.1) is 11.3 Å². The van der Waals surface area contributed by atoms with Crippen LogP contribution < -0.4 is 5.32 Å². The minimum Gasteiger partial charge on any atom is -0.322 e.